The Bertz CT molecular complexity index is 618. The van der Waals surface area contributed by atoms with Crippen LogP contribution in [0.1, 0.15) is 52.9 Å². The van der Waals surface area contributed by atoms with E-state index in [0.717, 1.165) is 22.3 Å². The highest BCUT2D eigenvalue weighted by molar-refractivity contribution is 14.1. The van der Waals surface area contributed by atoms with Crippen LogP contribution in [0.5, 0.6) is 0 Å². The van der Waals surface area contributed by atoms with Gasteiger partial charge in [-0.25, -0.2) is 4.79 Å². The highest BCUT2D eigenvalue weighted by Gasteiger charge is 2.66. The molecule has 2 saturated carbocycles. The van der Waals surface area contributed by atoms with Crippen LogP contribution in [0.4, 0.5) is 0 Å². The standard InChI is InChI=1S/C22H31IO2/c1-5-25-21(24)15(3)13-18-17(14(2)10-12-23)9-8-16-7-6-11-22(4)19(16)20(18)22/h7,13,17-20H,2,5-6,8-12H2,1,3-4H3/b15-13+/t17-,18+,19+,20-,22+/m1/s1. The van der Waals surface area contributed by atoms with Gasteiger partial charge in [-0.2, -0.15) is 0 Å². The molecule has 25 heavy (non-hydrogen) atoms. The molecule has 0 amide bonds. The van der Waals surface area contributed by atoms with Crippen LogP contribution in [0, 0.1) is 29.1 Å². The molecule has 0 heterocycles. The molecule has 0 aliphatic heterocycles. The van der Waals surface area contributed by atoms with Crippen molar-refractivity contribution in [3.63, 3.8) is 0 Å². The van der Waals surface area contributed by atoms with Crippen LogP contribution in [0.3, 0.4) is 0 Å². The predicted molar refractivity (Wildman–Crippen MR) is 112 cm³/mol. The van der Waals surface area contributed by atoms with Gasteiger partial charge in [0.2, 0.25) is 0 Å². The van der Waals surface area contributed by atoms with E-state index in [4.69, 9.17) is 4.74 Å². The summed E-state index contributed by atoms with van der Waals surface area (Å²) in [4.78, 5) is 12.2. The molecule has 2 fully saturated rings. The number of allylic oxidation sites excluding steroid dienone is 4. The Hall–Kier alpha value is -0.580. The number of fused-ring (bicyclic) bond motifs is 1. The second kappa shape index (κ2) is 7.58. The number of carbonyl (C=O) groups is 1. The van der Waals surface area contributed by atoms with Gasteiger partial charge in [0.05, 0.1) is 6.61 Å². The Labute approximate surface area is 166 Å². The van der Waals surface area contributed by atoms with Gasteiger partial charge in [0.25, 0.3) is 0 Å². The minimum atomic E-state index is -0.158. The fraction of sp³-hybridized carbons (Fsp3) is 0.682. The van der Waals surface area contributed by atoms with Crippen LogP contribution in [0.25, 0.3) is 0 Å². The molecule has 0 N–H and O–H groups in total. The van der Waals surface area contributed by atoms with Crippen LogP contribution in [-0.4, -0.2) is 17.0 Å². The molecule has 3 aliphatic carbocycles. The number of halogens is 1. The van der Waals surface area contributed by atoms with Gasteiger partial charge in [-0.3, -0.25) is 0 Å². The highest BCUT2D eigenvalue weighted by atomic mass is 127. The summed E-state index contributed by atoms with van der Waals surface area (Å²) in [5, 5.41) is 0. The molecule has 0 spiro atoms. The molecule has 2 nitrogen and oxygen atoms in total. The summed E-state index contributed by atoms with van der Waals surface area (Å²) < 4.78 is 6.36. The third kappa shape index (κ3) is 3.50. The highest BCUT2D eigenvalue weighted by Crippen LogP contribution is 2.73. The van der Waals surface area contributed by atoms with Crippen molar-refractivity contribution in [1.29, 1.82) is 0 Å². The molecule has 0 aromatic carbocycles. The van der Waals surface area contributed by atoms with E-state index in [-0.39, 0.29) is 5.97 Å². The van der Waals surface area contributed by atoms with E-state index in [0.29, 0.717) is 29.8 Å². The molecule has 3 heteroatoms. The number of rotatable bonds is 6. The average molecular weight is 454 g/mol. The van der Waals surface area contributed by atoms with Gasteiger partial charge in [0.15, 0.2) is 0 Å². The van der Waals surface area contributed by atoms with Crippen LogP contribution >= 0.6 is 22.6 Å². The molecule has 0 unspecified atom stereocenters. The first kappa shape index (κ1) is 19.2. The largest absolute Gasteiger partial charge is 0.463 e. The van der Waals surface area contributed by atoms with Crippen molar-refractivity contribution >= 4 is 28.6 Å². The molecule has 0 bridgehead atoms. The van der Waals surface area contributed by atoms with Crippen molar-refractivity contribution in [3.05, 3.63) is 35.5 Å². The first-order valence-corrected chi connectivity index (χ1v) is 11.2. The fourth-order valence-corrected chi connectivity index (χ4v) is 6.25. The summed E-state index contributed by atoms with van der Waals surface area (Å²) in [6.45, 7) is 11.2. The van der Waals surface area contributed by atoms with E-state index in [9.17, 15) is 4.79 Å². The van der Waals surface area contributed by atoms with Crippen LogP contribution < -0.4 is 0 Å². The zero-order valence-electron chi connectivity index (χ0n) is 15.8. The maximum Gasteiger partial charge on any atom is 0.333 e. The zero-order chi connectivity index (χ0) is 18.2. The lowest BCUT2D eigenvalue weighted by molar-refractivity contribution is -0.138. The lowest BCUT2D eigenvalue weighted by Crippen LogP contribution is -2.22. The summed E-state index contributed by atoms with van der Waals surface area (Å²) >= 11 is 2.45. The van der Waals surface area contributed by atoms with Crippen LogP contribution in [0.15, 0.2) is 35.5 Å². The molecule has 5 atom stereocenters. The van der Waals surface area contributed by atoms with Crippen molar-refractivity contribution < 1.29 is 9.53 Å². The Morgan fingerprint density at radius 3 is 2.96 bits per heavy atom. The monoisotopic (exact) mass is 454 g/mol. The summed E-state index contributed by atoms with van der Waals surface area (Å²) in [5.41, 5.74) is 4.28. The minimum Gasteiger partial charge on any atom is -0.463 e. The van der Waals surface area contributed by atoms with E-state index in [2.05, 4.69) is 48.2 Å². The van der Waals surface area contributed by atoms with E-state index < -0.39 is 0 Å². The van der Waals surface area contributed by atoms with Crippen molar-refractivity contribution in [1.82, 2.24) is 0 Å². The topological polar surface area (TPSA) is 26.3 Å². The zero-order valence-corrected chi connectivity index (χ0v) is 18.0. The molecule has 0 aromatic heterocycles. The van der Waals surface area contributed by atoms with Gasteiger partial charge in [0, 0.05) is 10.0 Å². The normalized spacial score (nSPS) is 36.8. The number of esters is 1. The van der Waals surface area contributed by atoms with E-state index in [1.54, 1.807) is 5.57 Å². The van der Waals surface area contributed by atoms with Crippen molar-refractivity contribution in [2.24, 2.45) is 29.1 Å². The van der Waals surface area contributed by atoms with Crippen LogP contribution in [0.2, 0.25) is 0 Å². The molecule has 138 valence electrons. The molecule has 0 aromatic rings. The molecule has 3 rings (SSSR count). The summed E-state index contributed by atoms with van der Waals surface area (Å²) in [6.07, 6.45) is 10.8. The van der Waals surface area contributed by atoms with E-state index in [1.165, 1.54) is 31.3 Å². The molecule has 0 saturated heterocycles. The minimum absolute atomic E-state index is 0.158. The fourth-order valence-electron chi connectivity index (χ4n) is 5.56. The van der Waals surface area contributed by atoms with Gasteiger partial charge in [-0.1, -0.05) is 59.4 Å². The van der Waals surface area contributed by atoms with E-state index >= 15 is 0 Å². The third-order valence-electron chi connectivity index (χ3n) is 6.81. The Morgan fingerprint density at radius 2 is 2.28 bits per heavy atom. The number of alkyl halides is 1. The average Bonchev–Trinajstić information content (AvgIpc) is 3.24. The second-order valence-corrected chi connectivity index (χ2v) is 9.30. The third-order valence-corrected chi connectivity index (χ3v) is 7.35. The number of hydrogen-bond acceptors (Lipinski definition) is 2. The van der Waals surface area contributed by atoms with Crippen LogP contribution in [-0.2, 0) is 9.53 Å². The molecule has 0 radical (unpaired) electrons. The maximum atomic E-state index is 12.2. The van der Waals surface area contributed by atoms with Crippen molar-refractivity contribution in [3.8, 4) is 0 Å². The number of carbonyl (C=O) groups excluding carboxylic acids is 1. The summed E-state index contributed by atoms with van der Waals surface area (Å²) in [5.74, 6) is 2.17. The van der Waals surface area contributed by atoms with Gasteiger partial charge in [-0.05, 0) is 75.0 Å². The van der Waals surface area contributed by atoms with Gasteiger partial charge >= 0.3 is 5.97 Å². The van der Waals surface area contributed by atoms with Gasteiger partial charge < -0.3 is 4.74 Å². The summed E-state index contributed by atoms with van der Waals surface area (Å²) in [6, 6.07) is 0. The van der Waals surface area contributed by atoms with Crippen molar-refractivity contribution in [2.45, 2.75) is 52.9 Å². The van der Waals surface area contributed by atoms with Gasteiger partial charge in [-0.15, -0.1) is 0 Å². The predicted octanol–water partition coefficient (Wildman–Crippen LogP) is 5.88. The maximum absolute atomic E-state index is 12.2. The molecular formula is C22H31IO2. The molecule has 3 aliphatic rings. The summed E-state index contributed by atoms with van der Waals surface area (Å²) in [7, 11) is 0. The SMILES string of the molecule is C=C(CCI)[C@H]1CCC2=CCC[C@]3(C)[C@H]([C@H]1/C=C(\C)C(=O)OCC)[C@H]23. The first-order chi connectivity index (χ1) is 11.9. The molecular weight excluding hydrogens is 423 g/mol. The Kier molecular flexibility index (Phi) is 5.81. The number of hydrogen-bond donors (Lipinski definition) is 0. The van der Waals surface area contributed by atoms with Crippen molar-refractivity contribution in [2.75, 3.05) is 11.0 Å². The smallest absolute Gasteiger partial charge is 0.333 e. The number of ether oxygens (including phenoxy) is 1. The lowest BCUT2D eigenvalue weighted by Gasteiger charge is -2.30. The lowest BCUT2D eigenvalue weighted by atomic mass is 9.75. The first-order valence-electron chi connectivity index (χ1n) is 9.72. The quantitative estimate of drug-likeness (QED) is 0.165. The second-order valence-electron chi connectivity index (χ2n) is 8.22. The Morgan fingerprint density at radius 1 is 1.52 bits per heavy atom. The van der Waals surface area contributed by atoms with Gasteiger partial charge in [0.1, 0.15) is 0 Å². The van der Waals surface area contributed by atoms with E-state index in [1.807, 2.05) is 13.8 Å². The Balaban J connectivity index is 1.94.